The lowest BCUT2D eigenvalue weighted by atomic mass is 10.1. The first-order chi connectivity index (χ1) is 13.2. The van der Waals surface area contributed by atoms with E-state index in [0.717, 1.165) is 61.0 Å². The summed E-state index contributed by atoms with van der Waals surface area (Å²) in [5.41, 5.74) is 1.08. The van der Waals surface area contributed by atoms with Crippen molar-refractivity contribution in [2.24, 2.45) is 0 Å². The minimum absolute atomic E-state index is 0.144. The van der Waals surface area contributed by atoms with Gasteiger partial charge in [0.25, 0.3) is 0 Å². The molecule has 0 saturated carbocycles. The molecular formula is C20H27N3O4. The van der Waals surface area contributed by atoms with E-state index < -0.39 is 0 Å². The molecule has 0 spiro atoms. The van der Waals surface area contributed by atoms with Gasteiger partial charge in [-0.1, -0.05) is 19.0 Å². The monoisotopic (exact) mass is 373 g/mol. The number of aromatic nitrogens is 2. The molecule has 0 bridgehead atoms. The van der Waals surface area contributed by atoms with Crippen LogP contribution < -0.4 is 14.2 Å². The fourth-order valence-electron chi connectivity index (χ4n) is 3.68. The van der Waals surface area contributed by atoms with Gasteiger partial charge in [0.2, 0.25) is 5.89 Å². The standard InChI is InChI=1S/C20H27N3O4/c1-13(2)19-21-20(27-22-19)15-6-4-7-23(15)12-14-10-17-18(11-16(14)24-3)26-9-5-8-25-17/h10-11,13,15H,4-9,12H2,1-3H3/t15-/m1/s1. The molecule has 1 atom stereocenters. The van der Waals surface area contributed by atoms with E-state index in [9.17, 15) is 0 Å². The summed E-state index contributed by atoms with van der Waals surface area (Å²) in [4.78, 5) is 6.99. The maximum Gasteiger partial charge on any atom is 0.244 e. The van der Waals surface area contributed by atoms with E-state index in [1.165, 1.54) is 0 Å². The Hall–Kier alpha value is -2.28. The van der Waals surface area contributed by atoms with Crippen LogP contribution in [0.3, 0.4) is 0 Å². The third-order valence-corrected chi connectivity index (χ3v) is 5.15. The summed E-state index contributed by atoms with van der Waals surface area (Å²) in [6.45, 7) is 7.21. The summed E-state index contributed by atoms with van der Waals surface area (Å²) in [5, 5.41) is 4.13. The van der Waals surface area contributed by atoms with E-state index in [0.29, 0.717) is 19.1 Å². The Morgan fingerprint density at radius 2 is 1.96 bits per heavy atom. The lowest BCUT2D eigenvalue weighted by molar-refractivity contribution is 0.198. The maximum absolute atomic E-state index is 5.85. The van der Waals surface area contributed by atoms with Gasteiger partial charge in [0.05, 0.1) is 26.4 Å². The van der Waals surface area contributed by atoms with Crippen LogP contribution in [0.15, 0.2) is 16.7 Å². The molecule has 4 rings (SSSR count). The number of fused-ring (bicyclic) bond motifs is 1. The van der Waals surface area contributed by atoms with E-state index >= 15 is 0 Å². The zero-order valence-electron chi connectivity index (χ0n) is 16.2. The highest BCUT2D eigenvalue weighted by Crippen LogP contribution is 2.39. The highest BCUT2D eigenvalue weighted by Gasteiger charge is 2.32. The molecular weight excluding hydrogens is 346 g/mol. The minimum Gasteiger partial charge on any atom is -0.496 e. The fraction of sp³-hybridized carbons (Fsp3) is 0.600. The van der Waals surface area contributed by atoms with Gasteiger partial charge < -0.3 is 18.7 Å². The van der Waals surface area contributed by atoms with Crippen molar-refractivity contribution in [2.75, 3.05) is 26.9 Å². The van der Waals surface area contributed by atoms with Crippen molar-refractivity contribution < 1.29 is 18.7 Å². The van der Waals surface area contributed by atoms with Crippen molar-refractivity contribution in [2.45, 2.75) is 51.6 Å². The molecule has 146 valence electrons. The molecule has 27 heavy (non-hydrogen) atoms. The van der Waals surface area contributed by atoms with Crippen LogP contribution >= 0.6 is 0 Å². The van der Waals surface area contributed by atoms with Gasteiger partial charge in [0, 0.05) is 30.5 Å². The van der Waals surface area contributed by atoms with Crippen LogP contribution in [-0.2, 0) is 6.54 Å². The van der Waals surface area contributed by atoms with Gasteiger partial charge in [-0.15, -0.1) is 0 Å². The first-order valence-corrected chi connectivity index (χ1v) is 9.69. The number of methoxy groups -OCH3 is 1. The molecule has 0 radical (unpaired) electrons. The second-order valence-electron chi connectivity index (χ2n) is 7.44. The Morgan fingerprint density at radius 1 is 1.19 bits per heavy atom. The van der Waals surface area contributed by atoms with E-state index in [1.54, 1.807) is 7.11 Å². The van der Waals surface area contributed by atoms with Gasteiger partial charge in [-0.25, -0.2) is 0 Å². The summed E-state index contributed by atoms with van der Waals surface area (Å²) < 4.78 is 22.8. The average molecular weight is 373 g/mol. The molecule has 1 fully saturated rings. The molecule has 1 aromatic carbocycles. The highest BCUT2D eigenvalue weighted by molar-refractivity contribution is 5.51. The van der Waals surface area contributed by atoms with Crippen LogP contribution in [0.5, 0.6) is 17.2 Å². The Bertz CT molecular complexity index is 790. The van der Waals surface area contributed by atoms with Crippen LogP contribution in [-0.4, -0.2) is 41.9 Å². The number of nitrogens with zero attached hydrogens (tertiary/aromatic N) is 3. The van der Waals surface area contributed by atoms with Crippen molar-refractivity contribution in [3.63, 3.8) is 0 Å². The van der Waals surface area contributed by atoms with Crippen LogP contribution in [0, 0.1) is 0 Å². The van der Waals surface area contributed by atoms with Crippen molar-refractivity contribution in [1.29, 1.82) is 0 Å². The number of ether oxygens (including phenoxy) is 3. The molecule has 2 aliphatic rings. The lowest BCUT2D eigenvalue weighted by Crippen LogP contribution is -2.23. The van der Waals surface area contributed by atoms with Crippen LogP contribution in [0.4, 0.5) is 0 Å². The fourth-order valence-corrected chi connectivity index (χ4v) is 3.68. The first kappa shape index (κ1) is 18.1. The molecule has 7 heteroatoms. The lowest BCUT2D eigenvalue weighted by Gasteiger charge is -2.23. The number of likely N-dealkylation sites (tertiary alicyclic amines) is 1. The predicted octanol–water partition coefficient (Wildman–Crippen LogP) is 3.70. The van der Waals surface area contributed by atoms with E-state index in [1.807, 2.05) is 12.1 Å². The number of hydrogen-bond acceptors (Lipinski definition) is 7. The SMILES string of the molecule is COc1cc2c(cc1CN1CCC[C@@H]1c1nc(C(C)C)no1)OCCCO2. The van der Waals surface area contributed by atoms with Crippen molar-refractivity contribution in [3.05, 3.63) is 29.4 Å². The minimum atomic E-state index is 0.144. The van der Waals surface area contributed by atoms with Gasteiger partial charge in [-0.3, -0.25) is 4.90 Å². The van der Waals surface area contributed by atoms with Crippen LogP contribution in [0.25, 0.3) is 0 Å². The number of benzene rings is 1. The average Bonchev–Trinajstić information content (AvgIpc) is 3.26. The summed E-state index contributed by atoms with van der Waals surface area (Å²) >= 11 is 0. The largest absolute Gasteiger partial charge is 0.496 e. The molecule has 0 aliphatic carbocycles. The Balaban J connectivity index is 1.57. The molecule has 0 N–H and O–H groups in total. The molecule has 1 saturated heterocycles. The van der Waals surface area contributed by atoms with Gasteiger partial charge in [-0.05, 0) is 25.5 Å². The topological polar surface area (TPSA) is 69.9 Å². The molecule has 0 unspecified atom stereocenters. The van der Waals surface area contributed by atoms with Gasteiger partial charge in [0.15, 0.2) is 17.3 Å². The predicted molar refractivity (Wildman–Crippen MR) is 99.4 cm³/mol. The molecule has 2 aliphatic heterocycles. The van der Waals surface area contributed by atoms with Crippen LogP contribution in [0.1, 0.15) is 62.3 Å². The maximum atomic E-state index is 5.85. The third-order valence-electron chi connectivity index (χ3n) is 5.15. The summed E-state index contributed by atoms with van der Waals surface area (Å²) in [6.07, 6.45) is 3.01. The zero-order chi connectivity index (χ0) is 18.8. The Kier molecular flexibility index (Phi) is 5.20. The summed E-state index contributed by atoms with van der Waals surface area (Å²) in [5.74, 6) is 4.11. The molecule has 7 nitrogen and oxygen atoms in total. The normalized spacial score (nSPS) is 20.1. The van der Waals surface area contributed by atoms with Gasteiger partial charge in [-0.2, -0.15) is 4.98 Å². The molecule has 2 aromatic rings. The molecule has 0 amide bonds. The van der Waals surface area contributed by atoms with Gasteiger partial charge in [0.1, 0.15) is 5.75 Å². The zero-order valence-corrected chi connectivity index (χ0v) is 16.2. The molecule has 1 aromatic heterocycles. The van der Waals surface area contributed by atoms with Crippen molar-refractivity contribution in [3.8, 4) is 17.2 Å². The van der Waals surface area contributed by atoms with Gasteiger partial charge >= 0.3 is 0 Å². The number of hydrogen-bond donors (Lipinski definition) is 0. The van der Waals surface area contributed by atoms with Crippen molar-refractivity contribution >= 4 is 0 Å². The summed E-state index contributed by atoms with van der Waals surface area (Å²) in [6, 6.07) is 4.12. The smallest absolute Gasteiger partial charge is 0.244 e. The second-order valence-corrected chi connectivity index (χ2v) is 7.44. The Labute approximate surface area is 159 Å². The van der Waals surface area contributed by atoms with E-state index in [-0.39, 0.29) is 12.0 Å². The third kappa shape index (κ3) is 3.74. The highest BCUT2D eigenvalue weighted by atomic mass is 16.5. The first-order valence-electron chi connectivity index (χ1n) is 9.69. The van der Waals surface area contributed by atoms with E-state index in [2.05, 4.69) is 28.9 Å². The Morgan fingerprint density at radius 3 is 2.67 bits per heavy atom. The van der Waals surface area contributed by atoms with Crippen molar-refractivity contribution in [1.82, 2.24) is 15.0 Å². The van der Waals surface area contributed by atoms with Crippen LogP contribution in [0.2, 0.25) is 0 Å². The molecule has 3 heterocycles. The quantitative estimate of drug-likeness (QED) is 0.791. The second kappa shape index (κ2) is 7.76. The number of rotatable bonds is 5. The van der Waals surface area contributed by atoms with E-state index in [4.69, 9.17) is 18.7 Å². The summed E-state index contributed by atoms with van der Waals surface area (Å²) in [7, 11) is 1.69.